The molecule has 0 aliphatic carbocycles. The van der Waals surface area contributed by atoms with Crippen LogP contribution in [0, 0.1) is 0 Å². The molecule has 98 valence electrons. The van der Waals surface area contributed by atoms with Crippen molar-refractivity contribution in [2.24, 2.45) is 0 Å². The summed E-state index contributed by atoms with van der Waals surface area (Å²) in [5.74, 6) is -1.84. The Labute approximate surface area is 110 Å². The van der Waals surface area contributed by atoms with E-state index >= 15 is 0 Å². The van der Waals surface area contributed by atoms with Gasteiger partial charge in [0.2, 0.25) is 0 Å². The van der Waals surface area contributed by atoms with Gasteiger partial charge in [0.25, 0.3) is 11.8 Å². The number of rotatable bonds is 4. The zero-order chi connectivity index (χ0) is 14.0. The molecule has 0 spiro atoms. The van der Waals surface area contributed by atoms with Crippen molar-refractivity contribution in [3.05, 3.63) is 47.5 Å². The lowest BCUT2D eigenvalue weighted by molar-refractivity contribution is -0.168. The van der Waals surface area contributed by atoms with Crippen LogP contribution in [0.1, 0.15) is 40.5 Å². The lowest BCUT2D eigenvalue weighted by Gasteiger charge is -2.12. The zero-order valence-corrected chi connectivity index (χ0v) is 10.5. The van der Waals surface area contributed by atoms with Crippen molar-refractivity contribution in [3.63, 3.8) is 0 Å². The number of fused-ring (bicyclic) bond motifs is 1. The number of amides is 2. The monoisotopic (exact) mass is 259 g/mol. The van der Waals surface area contributed by atoms with Crippen LogP contribution in [-0.2, 0) is 9.63 Å². The number of benzene rings is 1. The number of allylic oxidation sites excluding steroid dienone is 1. The summed E-state index contributed by atoms with van der Waals surface area (Å²) in [5.41, 5.74) is 1.33. The molecule has 0 unspecified atom stereocenters. The quantitative estimate of drug-likeness (QED) is 0.613. The number of hydrogen-bond acceptors (Lipinski definition) is 4. The fraction of sp³-hybridized carbons (Fsp3) is 0.214. The minimum Gasteiger partial charge on any atom is -0.330 e. The summed E-state index contributed by atoms with van der Waals surface area (Å²) in [5, 5.41) is 0.519. The molecule has 0 atom stereocenters. The Morgan fingerprint density at radius 2 is 1.68 bits per heavy atom. The maximum Gasteiger partial charge on any atom is 0.333 e. The van der Waals surface area contributed by atoms with E-state index in [1.54, 1.807) is 19.1 Å². The molecule has 19 heavy (non-hydrogen) atoms. The van der Waals surface area contributed by atoms with Crippen molar-refractivity contribution in [3.8, 4) is 0 Å². The Hall–Kier alpha value is -2.43. The van der Waals surface area contributed by atoms with Crippen LogP contribution in [0.15, 0.2) is 36.4 Å². The van der Waals surface area contributed by atoms with Gasteiger partial charge in [-0.05, 0) is 25.5 Å². The van der Waals surface area contributed by atoms with Crippen LogP contribution in [-0.4, -0.2) is 22.8 Å². The molecule has 0 radical (unpaired) electrons. The van der Waals surface area contributed by atoms with Crippen molar-refractivity contribution < 1.29 is 19.2 Å². The fourth-order valence-corrected chi connectivity index (χ4v) is 1.71. The Morgan fingerprint density at radius 1 is 1.16 bits per heavy atom. The smallest absolute Gasteiger partial charge is 0.330 e. The maximum absolute atomic E-state index is 11.9. The highest BCUT2D eigenvalue weighted by molar-refractivity contribution is 6.20. The SMILES string of the molecule is C=C(C)CCC(=O)ON1C(=O)c2ccccc2C1=O. The number of carbonyl (C=O) groups excluding carboxylic acids is 3. The molecule has 0 N–H and O–H groups in total. The van der Waals surface area contributed by atoms with E-state index in [9.17, 15) is 14.4 Å². The summed E-state index contributed by atoms with van der Waals surface area (Å²) in [6.07, 6.45) is 0.546. The van der Waals surface area contributed by atoms with Crippen molar-refractivity contribution >= 4 is 17.8 Å². The summed E-state index contributed by atoms with van der Waals surface area (Å²) in [6, 6.07) is 6.35. The van der Waals surface area contributed by atoms with E-state index in [0.717, 1.165) is 5.57 Å². The van der Waals surface area contributed by atoms with Crippen LogP contribution in [0.5, 0.6) is 0 Å². The van der Waals surface area contributed by atoms with Gasteiger partial charge in [-0.15, -0.1) is 6.58 Å². The van der Waals surface area contributed by atoms with Gasteiger partial charge >= 0.3 is 5.97 Å². The average molecular weight is 259 g/mol. The van der Waals surface area contributed by atoms with Gasteiger partial charge in [-0.3, -0.25) is 9.59 Å². The molecule has 0 saturated carbocycles. The molecular formula is C14H13NO4. The van der Waals surface area contributed by atoms with Crippen molar-refractivity contribution in [2.75, 3.05) is 0 Å². The molecule has 1 aliphatic rings. The molecule has 5 nitrogen and oxygen atoms in total. The summed E-state index contributed by atoms with van der Waals surface area (Å²) >= 11 is 0. The van der Waals surface area contributed by atoms with E-state index in [1.807, 2.05) is 0 Å². The van der Waals surface area contributed by atoms with Gasteiger partial charge in [0.1, 0.15) is 0 Å². The highest BCUT2D eigenvalue weighted by atomic mass is 16.7. The molecule has 0 aromatic heterocycles. The van der Waals surface area contributed by atoms with E-state index in [4.69, 9.17) is 4.84 Å². The van der Waals surface area contributed by atoms with Gasteiger partial charge in [0.15, 0.2) is 0 Å². The van der Waals surface area contributed by atoms with Crippen molar-refractivity contribution in [2.45, 2.75) is 19.8 Å². The Kier molecular flexibility index (Phi) is 3.46. The van der Waals surface area contributed by atoms with E-state index in [1.165, 1.54) is 12.1 Å². The second-order valence-electron chi connectivity index (χ2n) is 4.37. The molecular weight excluding hydrogens is 246 g/mol. The highest BCUT2D eigenvalue weighted by Crippen LogP contribution is 2.22. The Morgan fingerprint density at radius 3 is 2.16 bits per heavy atom. The molecule has 5 heteroatoms. The average Bonchev–Trinajstić information content (AvgIpc) is 2.62. The van der Waals surface area contributed by atoms with Gasteiger partial charge in [-0.2, -0.15) is 0 Å². The molecule has 2 amide bonds. The summed E-state index contributed by atoms with van der Waals surface area (Å²) in [6.45, 7) is 5.45. The first-order valence-corrected chi connectivity index (χ1v) is 5.83. The normalized spacial score (nSPS) is 13.4. The van der Waals surface area contributed by atoms with E-state index < -0.39 is 17.8 Å². The van der Waals surface area contributed by atoms with Gasteiger partial charge in [0, 0.05) is 0 Å². The summed E-state index contributed by atoms with van der Waals surface area (Å²) in [7, 11) is 0. The third-order valence-electron chi connectivity index (χ3n) is 2.71. The number of imide groups is 1. The molecule has 0 bridgehead atoms. The third-order valence-corrected chi connectivity index (χ3v) is 2.71. The summed E-state index contributed by atoms with van der Waals surface area (Å²) < 4.78 is 0. The third kappa shape index (κ3) is 2.54. The van der Waals surface area contributed by atoms with Crippen molar-refractivity contribution in [1.29, 1.82) is 0 Å². The number of carbonyl (C=O) groups is 3. The first kappa shape index (κ1) is 13.0. The molecule has 1 aromatic carbocycles. The van der Waals surface area contributed by atoms with E-state index in [0.29, 0.717) is 11.5 Å². The Balaban J connectivity index is 2.08. The van der Waals surface area contributed by atoms with Gasteiger partial charge in [-0.25, -0.2) is 4.79 Å². The van der Waals surface area contributed by atoms with Crippen LogP contribution in [0.2, 0.25) is 0 Å². The first-order valence-electron chi connectivity index (χ1n) is 5.83. The lowest BCUT2D eigenvalue weighted by atomic mass is 10.1. The number of nitrogens with zero attached hydrogens (tertiary/aromatic N) is 1. The first-order chi connectivity index (χ1) is 9.00. The summed E-state index contributed by atoms with van der Waals surface area (Å²) in [4.78, 5) is 40.1. The fourth-order valence-electron chi connectivity index (χ4n) is 1.71. The minimum atomic E-state index is -0.627. The van der Waals surface area contributed by atoms with Gasteiger partial charge < -0.3 is 4.84 Å². The maximum atomic E-state index is 11.9. The molecule has 0 fully saturated rings. The van der Waals surface area contributed by atoms with Gasteiger partial charge in [0.05, 0.1) is 17.5 Å². The predicted octanol–water partition coefficient (Wildman–Crippen LogP) is 2.10. The number of hydrogen-bond donors (Lipinski definition) is 0. The molecule has 0 saturated heterocycles. The Bertz CT molecular complexity index is 542. The van der Waals surface area contributed by atoms with Crippen LogP contribution in [0.3, 0.4) is 0 Å². The van der Waals surface area contributed by atoms with Crippen molar-refractivity contribution in [1.82, 2.24) is 5.06 Å². The van der Waals surface area contributed by atoms with Crippen LogP contribution >= 0.6 is 0 Å². The highest BCUT2D eigenvalue weighted by Gasteiger charge is 2.38. The van der Waals surface area contributed by atoms with E-state index in [-0.39, 0.29) is 17.5 Å². The van der Waals surface area contributed by atoms with Gasteiger partial charge in [-0.1, -0.05) is 22.8 Å². The second kappa shape index (κ2) is 5.06. The molecule has 2 rings (SSSR count). The number of hydroxylamine groups is 2. The zero-order valence-electron chi connectivity index (χ0n) is 10.5. The topological polar surface area (TPSA) is 63.7 Å². The lowest BCUT2D eigenvalue weighted by Crippen LogP contribution is -2.32. The standard InChI is InChI=1S/C14H13NO4/c1-9(2)7-8-12(16)19-15-13(17)10-5-3-4-6-11(10)14(15)18/h3-6H,1,7-8H2,2H3. The minimum absolute atomic E-state index is 0.0861. The van der Waals surface area contributed by atoms with E-state index in [2.05, 4.69) is 6.58 Å². The van der Waals surface area contributed by atoms with Crippen LogP contribution < -0.4 is 0 Å². The molecule has 1 heterocycles. The molecule has 1 aliphatic heterocycles. The molecule has 1 aromatic rings. The van der Waals surface area contributed by atoms with Crippen LogP contribution in [0.4, 0.5) is 0 Å². The second-order valence-corrected chi connectivity index (χ2v) is 4.37. The predicted molar refractivity (Wildman–Crippen MR) is 67.1 cm³/mol. The largest absolute Gasteiger partial charge is 0.333 e. The van der Waals surface area contributed by atoms with Crippen LogP contribution in [0.25, 0.3) is 0 Å².